The van der Waals surface area contributed by atoms with Gasteiger partial charge in [0.1, 0.15) is 6.61 Å². The van der Waals surface area contributed by atoms with Crippen LogP contribution in [0.3, 0.4) is 0 Å². The van der Waals surface area contributed by atoms with Crippen molar-refractivity contribution in [2.45, 2.75) is 13.0 Å². The SMILES string of the molecule is Cc1cc(NC(=O)[C@@H]2COc3ccccc3O2)ccc1Br. The van der Waals surface area contributed by atoms with Crippen LogP contribution in [0.2, 0.25) is 0 Å². The van der Waals surface area contributed by atoms with Crippen LogP contribution in [0.5, 0.6) is 11.5 Å². The molecule has 108 valence electrons. The van der Waals surface area contributed by atoms with E-state index in [2.05, 4.69) is 21.2 Å². The largest absolute Gasteiger partial charge is 0.485 e. The molecule has 1 N–H and O–H groups in total. The van der Waals surface area contributed by atoms with Crippen LogP contribution in [0.1, 0.15) is 5.56 Å². The fourth-order valence-electron chi connectivity index (χ4n) is 2.09. The van der Waals surface area contributed by atoms with Crippen molar-refractivity contribution < 1.29 is 14.3 Å². The molecule has 0 saturated carbocycles. The highest BCUT2D eigenvalue weighted by molar-refractivity contribution is 9.10. The van der Waals surface area contributed by atoms with Crippen LogP contribution in [-0.4, -0.2) is 18.6 Å². The van der Waals surface area contributed by atoms with Gasteiger partial charge in [-0.3, -0.25) is 4.79 Å². The molecule has 0 saturated heterocycles. The van der Waals surface area contributed by atoms with E-state index in [4.69, 9.17) is 9.47 Å². The van der Waals surface area contributed by atoms with Crippen LogP contribution in [0.4, 0.5) is 5.69 Å². The van der Waals surface area contributed by atoms with Gasteiger partial charge in [-0.05, 0) is 42.8 Å². The molecule has 1 atom stereocenters. The lowest BCUT2D eigenvalue weighted by atomic mass is 10.2. The van der Waals surface area contributed by atoms with Crippen molar-refractivity contribution in [2.75, 3.05) is 11.9 Å². The Morgan fingerprint density at radius 1 is 1.24 bits per heavy atom. The fraction of sp³-hybridized carbons (Fsp3) is 0.188. The van der Waals surface area contributed by atoms with Crippen LogP contribution in [0.15, 0.2) is 46.9 Å². The maximum atomic E-state index is 12.2. The summed E-state index contributed by atoms with van der Waals surface area (Å²) < 4.78 is 12.2. The normalized spacial score (nSPS) is 16.4. The molecule has 2 aromatic carbocycles. The van der Waals surface area contributed by atoms with Crippen LogP contribution in [0, 0.1) is 6.92 Å². The van der Waals surface area contributed by atoms with Gasteiger partial charge in [0.05, 0.1) is 0 Å². The molecule has 1 aliphatic heterocycles. The zero-order valence-corrected chi connectivity index (χ0v) is 13.0. The van der Waals surface area contributed by atoms with Gasteiger partial charge in [-0.25, -0.2) is 0 Å². The number of fused-ring (bicyclic) bond motifs is 1. The van der Waals surface area contributed by atoms with Crippen LogP contribution >= 0.6 is 15.9 Å². The maximum Gasteiger partial charge on any atom is 0.269 e. The van der Waals surface area contributed by atoms with Crippen LogP contribution in [-0.2, 0) is 4.79 Å². The Bertz CT molecular complexity index is 687. The molecule has 0 aromatic heterocycles. The van der Waals surface area contributed by atoms with Crippen LogP contribution < -0.4 is 14.8 Å². The number of benzene rings is 2. The van der Waals surface area contributed by atoms with Crippen LogP contribution in [0.25, 0.3) is 0 Å². The summed E-state index contributed by atoms with van der Waals surface area (Å²) in [6.07, 6.45) is -0.649. The fourth-order valence-corrected chi connectivity index (χ4v) is 2.34. The average molecular weight is 348 g/mol. The van der Waals surface area contributed by atoms with E-state index in [1.807, 2.05) is 43.3 Å². The number of carbonyl (C=O) groups is 1. The third kappa shape index (κ3) is 3.03. The number of hydrogen-bond acceptors (Lipinski definition) is 3. The first-order valence-corrected chi connectivity index (χ1v) is 7.38. The summed E-state index contributed by atoms with van der Waals surface area (Å²) in [4.78, 5) is 12.2. The van der Waals surface area contributed by atoms with E-state index in [0.717, 1.165) is 15.7 Å². The Morgan fingerprint density at radius 3 is 2.76 bits per heavy atom. The van der Waals surface area contributed by atoms with Gasteiger partial charge in [0, 0.05) is 10.2 Å². The summed E-state index contributed by atoms with van der Waals surface area (Å²) in [6, 6.07) is 13.0. The maximum absolute atomic E-state index is 12.2. The highest BCUT2D eigenvalue weighted by Crippen LogP contribution is 2.31. The second-order valence-corrected chi connectivity index (χ2v) is 5.67. The molecule has 1 aliphatic rings. The van der Waals surface area contributed by atoms with E-state index in [1.54, 1.807) is 6.07 Å². The molecule has 1 heterocycles. The van der Waals surface area contributed by atoms with Gasteiger partial charge >= 0.3 is 0 Å². The quantitative estimate of drug-likeness (QED) is 0.903. The molecule has 0 bridgehead atoms. The van der Waals surface area contributed by atoms with Gasteiger partial charge in [-0.15, -0.1) is 0 Å². The summed E-state index contributed by atoms with van der Waals surface area (Å²) in [7, 11) is 0. The molecule has 21 heavy (non-hydrogen) atoms. The minimum Gasteiger partial charge on any atom is -0.485 e. The van der Waals surface area contributed by atoms with Crippen molar-refractivity contribution in [3.63, 3.8) is 0 Å². The first-order chi connectivity index (χ1) is 10.1. The number of rotatable bonds is 2. The number of nitrogens with one attached hydrogen (secondary N) is 1. The van der Waals surface area contributed by atoms with Crippen molar-refractivity contribution >= 4 is 27.5 Å². The molecule has 4 nitrogen and oxygen atoms in total. The summed E-state index contributed by atoms with van der Waals surface area (Å²) in [5.74, 6) is 1.04. The zero-order valence-electron chi connectivity index (χ0n) is 11.4. The molecule has 0 aliphatic carbocycles. The summed E-state index contributed by atoms with van der Waals surface area (Å²) >= 11 is 3.43. The summed E-state index contributed by atoms with van der Waals surface area (Å²) in [5.41, 5.74) is 1.79. The average Bonchev–Trinajstić information content (AvgIpc) is 2.50. The molecule has 0 unspecified atom stereocenters. The molecular weight excluding hydrogens is 334 g/mol. The Hall–Kier alpha value is -2.01. The van der Waals surface area contributed by atoms with Crippen molar-refractivity contribution in [3.05, 3.63) is 52.5 Å². The number of para-hydroxylation sites is 2. The number of anilines is 1. The predicted octanol–water partition coefficient (Wildman–Crippen LogP) is 3.54. The van der Waals surface area contributed by atoms with E-state index in [1.165, 1.54) is 0 Å². The minimum absolute atomic E-state index is 0.207. The number of carbonyl (C=O) groups excluding carboxylic acids is 1. The summed E-state index contributed by atoms with van der Waals surface area (Å²) in [5, 5.41) is 2.85. The van der Waals surface area contributed by atoms with E-state index in [0.29, 0.717) is 11.5 Å². The molecule has 0 radical (unpaired) electrons. The molecule has 0 spiro atoms. The van der Waals surface area contributed by atoms with Crippen molar-refractivity contribution in [1.82, 2.24) is 0 Å². The molecule has 3 rings (SSSR count). The smallest absolute Gasteiger partial charge is 0.269 e. The highest BCUT2D eigenvalue weighted by atomic mass is 79.9. The Balaban J connectivity index is 1.70. The first-order valence-electron chi connectivity index (χ1n) is 6.59. The number of hydrogen-bond donors (Lipinski definition) is 1. The van der Waals surface area contributed by atoms with Gasteiger partial charge in [0.15, 0.2) is 11.5 Å². The lowest BCUT2D eigenvalue weighted by Crippen LogP contribution is -2.40. The highest BCUT2D eigenvalue weighted by Gasteiger charge is 2.27. The van der Waals surface area contributed by atoms with E-state index < -0.39 is 6.10 Å². The van der Waals surface area contributed by atoms with Gasteiger partial charge in [-0.1, -0.05) is 28.1 Å². The third-order valence-corrected chi connectivity index (χ3v) is 4.12. The van der Waals surface area contributed by atoms with Gasteiger partial charge in [0.25, 0.3) is 5.91 Å². The van der Waals surface area contributed by atoms with E-state index in [-0.39, 0.29) is 12.5 Å². The predicted molar refractivity (Wildman–Crippen MR) is 83.9 cm³/mol. The second kappa shape index (κ2) is 5.77. The second-order valence-electron chi connectivity index (χ2n) is 4.82. The molecule has 1 amide bonds. The van der Waals surface area contributed by atoms with Crippen molar-refractivity contribution in [3.8, 4) is 11.5 Å². The first kappa shape index (κ1) is 13.9. The number of ether oxygens (including phenoxy) is 2. The number of aryl methyl sites for hydroxylation is 1. The molecule has 2 aromatic rings. The minimum atomic E-state index is -0.649. The lowest BCUT2D eigenvalue weighted by Gasteiger charge is -2.25. The lowest BCUT2D eigenvalue weighted by molar-refractivity contribution is -0.125. The van der Waals surface area contributed by atoms with Gasteiger partial charge < -0.3 is 14.8 Å². The van der Waals surface area contributed by atoms with Crippen molar-refractivity contribution in [2.24, 2.45) is 0 Å². The topological polar surface area (TPSA) is 47.6 Å². The Morgan fingerprint density at radius 2 is 2.00 bits per heavy atom. The Kier molecular flexibility index (Phi) is 3.84. The molecule has 5 heteroatoms. The molecular formula is C16H14BrNO3. The monoisotopic (exact) mass is 347 g/mol. The number of halogens is 1. The van der Waals surface area contributed by atoms with Gasteiger partial charge in [-0.2, -0.15) is 0 Å². The Labute approximate surface area is 131 Å². The molecule has 0 fully saturated rings. The zero-order chi connectivity index (χ0) is 14.8. The van der Waals surface area contributed by atoms with Crippen molar-refractivity contribution in [1.29, 1.82) is 0 Å². The third-order valence-electron chi connectivity index (χ3n) is 3.23. The van der Waals surface area contributed by atoms with E-state index >= 15 is 0 Å². The van der Waals surface area contributed by atoms with E-state index in [9.17, 15) is 4.79 Å². The van der Waals surface area contributed by atoms with Gasteiger partial charge in [0.2, 0.25) is 6.10 Å². The standard InChI is InChI=1S/C16H14BrNO3/c1-10-8-11(6-7-12(10)17)18-16(19)15-9-20-13-4-2-3-5-14(13)21-15/h2-8,15H,9H2,1H3,(H,18,19)/t15-/m0/s1. The number of amides is 1. The summed E-state index contributed by atoms with van der Waals surface area (Å²) in [6.45, 7) is 2.18.